The first-order chi connectivity index (χ1) is 31.0. The Morgan fingerprint density at radius 3 is 0.838 bits per heavy atom. The summed E-state index contributed by atoms with van der Waals surface area (Å²) in [5, 5.41) is 14.8. The normalized spacial score (nSPS) is 11.3. The van der Waals surface area contributed by atoms with E-state index in [1.165, 1.54) is 24.3 Å². The second-order valence-electron chi connectivity index (χ2n) is 13.1. The van der Waals surface area contributed by atoms with Gasteiger partial charge >= 0.3 is 34.1 Å². The number of benzene rings is 6. The van der Waals surface area contributed by atoms with E-state index in [4.69, 9.17) is 174 Å². The van der Waals surface area contributed by atoms with Crippen LogP contribution in [0.4, 0.5) is 34.1 Å². The van der Waals surface area contributed by atoms with E-state index in [1.807, 2.05) is 27.7 Å². The first kappa shape index (κ1) is 64.5. The smallest absolute Gasteiger partial charge is 0.696 e. The number of para-hydroxylation sites is 4. The fraction of sp³-hybridized carbons (Fsp3) is 0.0870. The number of hydrogen-bond donors (Lipinski definition) is 0. The van der Waals surface area contributed by atoms with Crippen LogP contribution in [0.3, 0.4) is 0 Å². The first-order valence-corrected chi connectivity index (χ1v) is 23.7. The average Bonchev–Trinajstić information content (AvgIpc) is 3.22. The molecular weight excluding hydrogens is 1260 g/mol. The number of hydrogen-bond acceptors (Lipinski definition) is 2. The Kier molecular flexibility index (Phi) is 30.1. The standard InChI is InChI=1S/2C17H13Cl4N2.2C6H3Cl3N.2Cu/c2*1-10(22-16-12(18)5-3-6-13(16)19)9-11(2)23-17-14(20)7-4-8-15(17)21;2*7-3-1-4(8)6(10)5(9)2-3;;/h2*3-9H,1-2H3;2*1-2,10H;;/q4*-1;2*+2/b2*10-9-,23-11?;;;;. The molecule has 6 nitrogen and oxygen atoms in total. The van der Waals surface area contributed by atoms with Gasteiger partial charge < -0.3 is 22.1 Å². The van der Waals surface area contributed by atoms with Crippen molar-refractivity contribution in [2.24, 2.45) is 9.98 Å². The van der Waals surface area contributed by atoms with E-state index in [2.05, 4.69) is 20.6 Å². The van der Waals surface area contributed by atoms with Crippen LogP contribution in [0.5, 0.6) is 0 Å². The predicted octanol–water partition coefficient (Wildman–Crippen LogP) is 24.7. The molecule has 6 rings (SSSR count). The molecule has 0 aromatic heterocycles. The van der Waals surface area contributed by atoms with E-state index < -0.39 is 0 Å². The Bertz CT molecular complexity index is 2490. The molecule has 68 heavy (non-hydrogen) atoms. The Labute approximate surface area is 487 Å². The van der Waals surface area contributed by atoms with Gasteiger partial charge in [-0.15, -0.1) is 11.4 Å². The molecule has 2 N–H and O–H groups in total. The van der Waals surface area contributed by atoms with Crippen molar-refractivity contribution in [2.45, 2.75) is 27.7 Å². The SMILES string of the molecule is CC(/C=C(/C)[N-]c1c(Cl)cccc1Cl)=Nc1c(Cl)cccc1Cl.CC(/C=C(/C)[N-]c1c(Cl)cccc1Cl)=Nc1c(Cl)cccc1Cl.[Cu+2].[Cu+2].[NH-]c1c(Cl)cc(Cl)cc1Cl.[NH-]c1c(Cl)cc(Cl)cc1Cl. The second-order valence-corrected chi connectivity index (χ2v) is 18.8. The minimum Gasteiger partial charge on any atom is -0.696 e. The van der Waals surface area contributed by atoms with Crippen molar-refractivity contribution in [1.82, 2.24) is 0 Å². The maximum absolute atomic E-state index is 7.22. The van der Waals surface area contributed by atoms with E-state index in [-0.39, 0.29) is 65.6 Å². The summed E-state index contributed by atoms with van der Waals surface area (Å²) in [5.74, 6) is 0. The molecule has 6 aromatic rings. The van der Waals surface area contributed by atoms with E-state index in [0.717, 1.165) is 0 Å². The molecule has 0 unspecified atom stereocenters. The fourth-order valence-corrected chi connectivity index (χ4v) is 8.47. The van der Waals surface area contributed by atoms with Crippen molar-refractivity contribution in [3.63, 3.8) is 0 Å². The zero-order valence-corrected chi connectivity index (χ0v) is 47.5. The van der Waals surface area contributed by atoms with Crippen LogP contribution in [0.25, 0.3) is 22.1 Å². The summed E-state index contributed by atoms with van der Waals surface area (Å²) in [6.07, 6.45) is 3.61. The summed E-state index contributed by atoms with van der Waals surface area (Å²) in [7, 11) is 0. The zero-order valence-electron chi connectivity index (χ0n) is 35.1. The Hall–Kier alpha value is -1.56. The molecule has 2 radical (unpaired) electrons. The van der Waals surface area contributed by atoms with Crippen LogP contribution in [-0.2, 0) is 34.1 Å². The maximum atomic E-state index is 7.22. The third kappa shape index (κ3) is 21.3. The molecule has 0 heterocycles. The summed E-state index contributed by atoms with van der Waals surface area (Å²) in [4.78, 5) is 8.87. The van der Waals surface area contributed by atoms with Crippen molar-refractivity contribution in [2.75, 3.05) is 0 Å². The third-order valence-electron chi connectivity index (χ3n) is 7.75. The van der Waals surface area contributed by atoms with Gasteiger partial charge in [-0.05, 0) is 86.6 Å². The van der Waals surface area contributed by atoms with Crippen molar-refractivity contribution < 1.29 is 34.1 Å². The summed E-state index contributed by atoms with van der Waals surface area (Å²) in [5.41, 5.74) is 19.7. The number of nitrogens with zero attached hydrogens (tertiary/aromatic N) is 4. The molecule has 0 saturated carbocycles. The van der Waals surface area contributed by atoms with Gasteiger partial charge in [-0.1, -0.05) is 224 Å². The first-order valence-electron chi connectivity index (χ1n) is 18.4. The Balaban J connectivity index is 0.000000480. The van der Waals surface area contributed by atoms with Crippen LogP contribution >= 0.6 is 162 Å². The van der Waals surface area contributed by atoms with Gasteiger partial charge in [0.05, 0.1) is 20.1 Å². The number of halogens is 14. The molecule has 6 aromatic carbocycles. The molecular formula is C46H32Cl14Cu2N6. The molecule has 0 aliphatic rings. The Morgan fingerprint density at radius 1 is 0.382 bits per heavy atom. The number of rotatable bonds is 8. The van der Waals surface area contributed by atoms with Crippen LogP contribution in [0.2, 0.25) is 70.3 Å². The van der Waals surface area contributed by atoms with Crippen LogP contribution in [0.15, 0.2) is 131 Å². The number of aliphatic imine (C=N–C) groups is 2. The molecule has 0 spiro atoms. The maximum Gasteiger partial charge on any atom is 2.00 e. The van der Waals surface area contributed by atoms with Gasteiger partial charge in [0, 0.05) is 61.6 Å². The third-order valence-corrected chi connectivity index (χ3v) is 11.8. The van der Waals surface area contributed by atoms with Crippen molar-refractivity contribution in [3.05, 3.63) is 213 Å². The van der Waals surface area contributed by atoms with E-state index in [1.54, 1.807) is 84.9 Å². The van der Waals surface area contributed by atoms with Gasteiger partial charge in [0.15, 0.2) is 0 Å². The predicted molar refractivity (Wildman–Crippen MR) is 296 cm³/mol. The number of allylic oxidation sites excluding steroid dienone is 4. The van der Waals surface area contributed by atoms with Gasteiger partial charge in [-0.3, -0.25) is 9.98 Å². The van der Waals surface area contributed by atoms with Crippen LogP contribution in [-0.4, -0.2) is 11.4 Å². The topological polar surface area (TPSA) is 101 Å². The monoisotopic (exact) mass is 1280 g/mol. The Morgan fingerprint density at radius 2 is 0.603 bits per heavy atom. The van der Waals surface area contributed by atoms with Gasteiger partial charge in [0.1, 0.15) is 11.4 Å². The van der Waals surface area contributed by atoms with Crippen LogP contribution in [0.1, 0.15) is 27.7 Å². The van der Waals surface area contributed by atoms with E-state index >= 15 is 0 Å². The van der Waals surface area contributed by atoms with Crippen LogP contribution in [0, 0.1) is 0 Å². The molecule has 0 amide bonds. The zero-order chi connectivity index (χ0) is 49.4. The molecule has 0 atom stereocenters. The second kappa shape index (κ2) is 31.8. The average molecular weight is 1290 g/mol. The van der Waals surface area contributed by atoms with E-state index in [0.29, 0.717) is 95.8 Å². The quantitative estimate of drug-likeness (QED) is 0.107. The van der Waals surface area contributed by atoms with Gasteiger partial charge in [-0.2, -0.15) is 11.4 Å². The molecule has 0 fully saturated rings. The summed E-state index contributed by atoms with van der Waals surface area (Å²) in [6.45, 7) is 7.36. The minimum absolute atomic E-state index is 0. The molecule has 366 valence electrons. The van der Waals surface area contributed by atoms with Crippen molar-refractivity contribution in [3.8, 4) is 0 Å². The molecule has 0 aliphatic carbocycles. The molecule has 0 saturated heterocycles. The molecule has 0 bridgehead atoms. The van der Waals surface area contributed by atoms with Crippen molar-refractivity contribution in [1.29, 1.82) is 0 Å². The fourth-order valence-electron chi connectivity index (χ4n) is 4.91. The van der Waals surface area contributed by atoms with Gasteiger partial charge in [0.25, 0.3) is 0 Å². The van der Waals surface area contributed by atoms with Gasteiger partial charge in [0.2, 0.25) is 0 Å². The van der Waals surface area contributed by atoms with Crippen LogP contribution < -0.4 is 0 Å². The summed E-state index contributed by atoms with van der Waals surface area (Å²) >= 11 is 82.3. The molecule has 22 heteroatoms. The van der Waals surface area contributed by atoms with E-state index in [9.17, 15) is 0 Å². The number of nitrogens with one attached hydrogen (secondary N) is 2. The largest absolute Gasteiger partial charge is 2.00 e. The minimum atomic E-state index is 0. The van der Waals surface area contributed by atoms with Crippen molar-refractivity contribution >= 4 is 208 Å². The molecule has 0 aliphatic heterocycles. The summed E-state index contributed by atoms with van der Waals surface area (Å²) in [6, 6.07) is 26.9. The summed E-state index contributed by atoms with van der Waals surface area (Å²) < 4.78 is 0. The van der Waals surface area contributed by atoms with Gasteiger partial charge in [-0.25, -0.2) is 0 Å².